The Balaban J connectivity index is 2.01. The summed E-state index contributed by atoms with van der Waals surface area (Å²) in [6.07, 6.45) is 0.0413. The van der Waals surface area contributed by atoms with Crippen LogP contribution in [-0.2, 0) is 9.53 Å². The first-order valence-corrected chi connectivity index (χ1v) is 8.32. The lowest BCUT2D eigenvalue weighted by Crippen LogP contribution is -2.36. The number of ether oxygens (including phenoxy) is 1. The molecule has 7 heteroatoms. The average Bonchev–Trinajstić information content (AvgIpc) is 2.95. The number of halogens is 1. The molecule has 1 heterocycles. The van der Waals surface area contributed by atoms with E-state index in [1.54, 1.807) is 39.2 Å². The summed E-state index contributed by atoms with van der Waals surface area (Å²) in [4.78, 5) is 26.4. The van der Waals surface area contributed by atoms with Gasteiger partial charge in [0.15, 0.2) is 0 Å². The van der Waals surface area contributed by atoms with E-state index in [2.05, 4.69) is 5.32 Å². The van der Waals surface area contributed by atoms with E-state index in [1.807, 2.05) is 0 Å². The first-order valence-electron chi connectivity index (χ1n) is 8.32. The van der Waals surface area contributed by atoms with Gasteiger partial charge in [-0.25, -0.2) is 4.39 Å². The molecule has 0 atom stereocenters. The van der Waals surface area contributed by atoms with Gasteiger partial charge in [-0.1, -0.05) is 12.1 Å². The first-order chi connectivity index (χ1) is 12.4. The Morgan fingerprint density at radius 1 is 1.23 bits per heavy atom. The van der Waals surface area contributed by atoms with Crippen molar-refractivity contribution in [3.05, 3.63) is 53.2 Å². The molecule has 0 saturated carbocycles. The van der Waals surface area contributed by atoms with Crippen molar-refractivity contribution in [1.29, 1.82) is 0 Å². The van der Waals surface area contributed by atoms with Gasteiger partial charge in [0.05, 0.1) is 17.9 Å². The Labute approximate surface area is 151 Å². The molecule has 140 valence electrons. The summed E-state index contributed by atoms with van der Waals surface area (Å²) in [6.45, 7) is 4.36. The van der Waals surface area contributed by atoms with Crippen LogP contribution in [0.25, 0.3) is 0 Å². The molecular weight excluding hydrogens is 339 g/mol. The van der Waals surface area contributed by atoms with Crippen molar-refractivity contribution in [1.82, 2.24) is 4.90 Å². The molecule has 26 heavy (non-hydrogen) atoms. The average molecular weight is 362 g/mol. The largest absolute Gasteiger partial charge is 0.466 e. The van der Waals surface area contributed by atoms with Crippen molar-refractivity contribution in [2.24, 2.45) is 0 Å². The van der Waals surface area contributed by atoms with E-state index in [1.165, 1.54) is 17.0 Å². The molecule has 2 aromatic rings. The zero-order valence-electron chi connectivity index (χ0n) is 15.2. The maximum absolute atomic E-state index is 13.6. The van der Waals surface area contributed by atoms with Gasteiger partial charge < -0.3 is 19.4 Å². The molecule has 6 nitrogen and oxygen atoms in total. The van der Waals surface area contributed by atoms with Gasteiger partial charge in [0.25, 0.3) is 5.91 Å². The highest BCUT2D eigenvalue weighted by atomic mass is 19.1. The van der Waals surface area contributed by atoms with Gasteiger partial charge in [-0.3, -0.25) is 9.59 Å². The van der Waals surface area contributed by atoms with Crippen LogP contribution in [0.5, 0.6) is 0 Å². The predicted octanol–water partition coefficient (Wildman–Crippen LogP) is 3.15. The van der Waals surface area contributed by atoms with Crippen LogP contribution in [0, 0.1) is 19.7 Å². The molecular formula is C19H23FN2O4. The van der Waals surface area contributed by atoms with Crippen LogP contribution in [0.3, 0.4) is 0 Å². The molecule has 0 unspecified atom stereocenters. The van der Waals surface area contributed by atoms with E-state index in [0.717, 1.165) is 0 Å². The maximum Gasteiger partial charge on any atom is 0.257 e. The number of amides is 2. The van der Waals surface area contributed by atoms with Crippen molar-refractivity contribution >= 4 is 17.5 Å². The molecule has 0 radical (unpaired) electrons. The number of hydrogen-bond acceptors (Lipinski definition) is 4. The number of carbonyl (C=O) groups is 2. The number of anilines is 1. The number of methoxy groups -OCH3 is 1. The number of benzene rings is 1. The number of aryl methyl sites for hydroxylation is 2. The third-order valence-corrected chi connectivity index (χ3v) is 3.88. The van der Waals surface area contributed by atoms with E-state index < -0.39 is 5.82 Å². The molecule has 1 N–H and O–H groups in total. The highest BCUT2D eigenvalue weighted by molar-refractivity contribution is 5.96. The Kier molecular flexibility index (Phi) is 6.91. The smallest absolute Gasteiger partial charge is 0.257 e. The van der Waals surface area contributed by atoms with Gasteiger partial charge in [0, 0.05) is 26.6 Å². The SMILES string of the molecule is COCCN(CCC(=O)Nc1ccccc1F)C(=O)c1cc(C)oc1C. The third kappa shape index (κ3) is 5.16. The molecule has 0 bridgehead atoms. The quantitative estimate of drug-likeness (QED) is 0.783. The molecule has 1 aromatic carbocycles. The van der Waals surface area contributed by atoms with E-state index in [9.17, 15) is 14.0 Å². The van der Waals surface area contributed by atoms with E-state index in [-0.39, 0.29) is 30.5 Å². The number of rotatable bonds is 8. The monoisotopic (exact) mass is 362 g/mol. The fourth-order valence-electron chi connectivity index (χ4n) is 2.54. The summed E-state index contributed by atoms with van der Waals surface area (Å²) in [5.41, 5.74) is 0.585. The van der Waals surface area contributed by atoms with Crippen LogP contribution >= 0.6 is 0 Å². The minimum atomic E-state index is -0.502. The predicted molar refractivity (Wildman–Crippen MR) is 95.6 cm³/mol. The van der Waals surface area contributed by atoms with Gasteiger partial charge in [-0.15, -0.1) is 0 Å². The lowest BCUT2D eigenvalue weighted by molar-refractivity contribution is -0.116. The summed E-state index contributed by atoms with van der Waals surface area (Å²) < 4.78 is 24.1. The summed E-state index contributed by atoms with van der Waals surface area (Å²) >= 11 is 0. The summed E-state index contributed by atoms with van der Waals surface area (Å²) in [7, 11) is 1.54. The molecule has 0 fully saturated rings. The van der Waals surface area contributed by atoms with Crippen molar-refractivity contribution in [3.8, 4) is 0 Å². The number of nitrogens with zero attached hydrogens (tertiary/aromatic N) is 1. The number of hydrogen-bond donors (Lipinski definition) is 1. The maximum atomic E-state index is 13.6. The highest BCUT2D eigenvalue weighted by Crippen LogP contribution is 2.17. The zero-order valence-corrected chi connectivity index (χ0v) is 15.2. The van der Waals surface area contributed by atoms with E-state index in [4.69, 9.17) is 9.15 Å². The summed E-state index contributed by atoms with van der Waals surface area (Å²) in [5.74, 6) is 0.0822. The van der Waals surface area contributed by atoms with Gasteiger partial charge in [0.1, 0.15) is 17.3 Å². The van der Waals surface area contributed by atoms with Gasteiger partial charge >= 0.3 is 0 Å². The molecule has 2 amide bonds. The van der Waals surface area contributed by atoms with Crippen LogP contribution in [0.4, 0.5) is 10.1 Å². The Morgan fingerprint density at radius 2 is 1.96 bits per heavy atom. The number of para-hydroxylation sites is 1. The van der Waals surface area contributed by atoms with Crippen LogP contribution < -0.4 is 5.32 Å². The normalized spacial score (nSPS) is 10.6. The second-order valence-corrected chi connectivity index (χ2v) is 5.89. The van der Waals surface area contributed by atoms with E-state index in [0.29, 0.717) is 30.2 Å². The Bertz CT molecular complexity index is 773. The molecule has 0 spiro atoms. The summed E-state index contributed by atoms with van der Waals surface area (Å²) in [5, 5.41) is 2.51. The van der Waals surface area contributed by atoms with Crippen LogP contribution in [-0.4, -0.2) is 43.5 Å². The zero-order chi connectivity index (χ0) is 19.1. The van der Waals surface area contributed by atoms with Crippen molar-refractivity contribution in [2.45, 2.75) is 20.3 Å². The molecule has 0 aliphatic heterocycles. The molecule has 0 aliphatic carbocycles. The number of furan rings is 1. The topological polar surface area (TPSA) is 71.8 Å². The van der Waals surface area contributed by atoms with Crippen LogP contribution in [0.1, 0.15) is 28.3 Å². The molecule has 0 saturated heterocycles. The number of nitrogens with one attached hydrogen (secondary N) is 1. The van der Waals surface area contributed by atoms with Crippen LogP contribution in [0.2, 0.25) is 0 Å². The minimum absolute atomic E-state index is 0.0413. The van der Waals surface area contributed by atoms with Crippen molar-refractivity contribution < 1.29 is 23.1 Å². The van der Waals surface area contributed by atoms with Gasteiger partial charge in [-0.05, 0) is 32.0 Å². The van der Waals surface area contributed by atoms with Crippen molar-refractivity contribution in [3.63, 3.8) is 0 Å². The molecule has 0 aliphatic rings. The Hall–Kier alpha value is -2.67. The highest BCUT2D eigenvalue weighted by Gasteiger charge is 2.21. The standard InChI is InChI=1S/C19H23FN2O4/c1-13-12-15(14(2)26-13)19(24)22(10-11-25-3)9-8-18(23)21-17-7-5-4-6-16(17)20/h4-7,12H,8-11H2,1-3H3,(H,21,23). The van der Waals surface area contributed by atoms with E-state index >= 15 is 0 Å². The second kappa shape index (κ2) is 9.15. The fraction of sp³-hybridized carbons (Fsp3) is 0.368. The minimum Gasteiger partial charge on any atom is -0.466 e. The molecule has 2 rings (SSSR count). The Morgan fingerprint density at radius 3 is 2.58 bits per heavy atom. The lowest BCUT2D eigenvalue weighted by Gasteiger charge is -2.22. The third-order valence-electron chi connectivity index (χ3n) is 3.88. The number of carbonyl (C=O) groups excluding carboxylic acids is 2. The van der Waals surface area contributed by atoms with Crippen LogP contribution in [0.15, 0.2) is 34.7 Å². The second-order valence-electron chi connectivity index (χ2n) is 5.89. The summed E-state index contributed by atoms with van der Waals surface area (Å²) in [6, 6.07) is 7.62. The lowest BCUT2D eigenvalue weighted by atomic mass is 10.2. The van der Waals surface area contributed by atoms with Crippen molar-refractivity contribution in [2.75, 3.05) is 32.1 Å². The van der Waals surface area contributed by atoms with Gasteiger partial charge in [0.2, 0.25) is 5.91 Å². The first kappa shape index (κ1) is 19.7. The fourth-order valence-corrected chi connectivity index (χ4v) is 2.54. The van der Waals surface area contributed by atoms with Gasteiger partial charge in [-0.2, -0.15) is 0 Å². The molecule has 1 aromatic heterocycles.